The summed E-state index contributed by atoms with van der Waals surface area (Å²) in [6.45, 7) is 2.60. The van der Waals surface area contributed by atoms with Crippen LogP contribution in [0.5, 0.6) is 0 Å². The Morgan fingerprint density at radius 3 is 2.35 bits per heavy atom. The summed E-state index contributed by atoms with van der Waals surface area (Å²) >= 11 is 3.62. The summed E-state index contributed by atoms with van der Waals surface area (Å²) < 4.78 is 1.22. The predicted octanol–water partition coefficient (Wildman–Crippen LogP) is 4.31. The Morgan fingerprint density at radius 1 is 1.00 bits per heavy atom. The molecule has 2 saturated heterocycles. The molecule has 1 aromatic carbocycles. The van der Waals surface area contributed by atoms with E-state index in [0.717, 1.165) is 0 Å². The van der Waals surface area contributed by atoms with Crippen molar-refractivity contribution in [2.45, 2.75) is 44.1 Å². The first-order chi connectivity index (χ1) is 8.31. The fraction of sp³-hybridized carbons (Fsp3) is 0.600. The van der Waals surface area contributed by atoms with Crippen molar-refractivity contribution in [2.75, 3.05) is 13.1 Å². The molecule has 2 aliphatic rings. The first-order valence-corrected chi connectivity index (χ1v) is 7.62. The van der Waals surface area contributed by atoms with E-state index in [4.69, 9.17) is 0 Å². The van der Waals surface area contributed by atoms with Crippen LogP contribution in [0.25, 0.3) is 0 Å². The molecule has 0 saturated carbocycles. The number of nitrogens with zero attached hydrogens (tertiary/aromatic N) is 1. The summed E-state index contributed by atoms with van der Waals surface area (Å²) in [6, 6.07) is 8.99. The number of piperidine rings is 2. The zero-order chi connectivity index (χ0) is 11.7. The van der Waals surface area contributed by atoms with Gasteiger partial charge >= 0.3 is 0 Å². The summed E-state index contributed by atoms with van der Waals surface area (Å²) in [6.07, 6.45) is 8.25. The molecule has 92 valence electrons. The normalized spacial score (nSPS) is 24.3. The molecule has 0 bridgehead atoms. The molecule has 0 N–H and O–H groups in total. The molecule has 17 heavy (non-hydrogen) atoms. The molecule has 0 atom stereocenters. The van der Waals surface area contributed by atoms with Crippen LogP contribution in [-0.2, 0) is 5.54 Å². The van der Waals surface area contributed by atoms with Gasteiger partial charge in [-0.25, -0.2) is 0 Å². The number of hydrogen-bond acceptors (Lipinski definition) is 1. The van der Waals surface area contributed by atoms with Crippen LogP contribution in [0.2, 0.25) is 0 Å². The van der Waals surface area contributed by atoms with E-state index in [1.54, 1.807) is 0 Å². The molecular weight excluding hydrogens is 274 g/mol. The Kier molecular flexibility index (Phi) is 3.27. The molecular formula is C15H20BrN. The maximum Gasteiger partial charge on any atom is 0.0461 e. The quantitative estimate of drug-likeness (QED) is 0.746. The van der Waals surface area contributed by atoms with Crippen molar-refractivity contribution in [2.24, 2.45) is 0 Å². The minimum absolute atomic E-state index is 0.361. The highest BCUT2D eigenvalue weighted by Crippen LogP contribution is 2.44. The second-order valence-electron chi connectivity index (χ2n) is 5.44. The van der Waals surface area contributed by atoms with Crippen LogP contribution in [0.15, 0.2) is 28.7 Å². The van der Waals surface area contributed by atoms with Crippen LogP contribution >= 0.6 is 15.9 Å². The van der Waals surface area contributed by atoms with Gasteiger partial charge in [-0.15, -0.1) is 0 Å². The average molecular weight is 294 g/mol. The Hall–Kier alpha value is -0.340. The second-order valence-corrected chi connectivity index (χ2v) is 6.36. The molecule has 0 unspecified atom stereocenters. The number of rotatable bonds is 1. The van der Waals surface area contributed by atoms with E-state index in [-0.39, 0.29) is 0 Å². The van der Waals surface area contributed by atoms with Gasteiger partial charge in [-0.3, -0.25) is 4.90 Å². The lowest BCUT2D eigenvalue weighted by atomic mass is 9.74. The standard InChI is InChI=1S/C15H20BrN/c16-14-7-5-6-13(12-14)15-8-1-3-10-17(15)11-4-2-9-15/h5-7,12H,1-4,8-11H2. The van der Waals surface area contributed by atoms with E-state index in [1.165, 1.54) is 61.7 Å². The minimum Gasteiger partial charge on any atom is -0.294 e. The van der Waals surface area contributed by atoms with Crippen molar-refractivity contribution < 1.29 is 0 Å². The summed E-state index contributed by atoms with van der Waals surface area (Å²) in [5.74, 6) is 0. The highest BCUT2D eigenvalue weighted by molar-refractivity contribution is 9.10. The van der Waals surface area contributed by atoms with E-state index in [2.05, 4.69) is 45.1 Å². The smallest absolute Gasteiger partial charge is 0.0461 e. The molecule has 2 aliphatic heterocycles. The molecule has 0 spiro atoms. The third kappa shape index (κ3) is 2.06. The maximum atomic E-state index is 3.62. The lowest BCUT2D eigenvalue weighted by Crippen LogP contribution is -2.52. The third-order valence-corrected chi connectivity index (χ3v) is 5.00. The van der Waals surface area contributed by atoms with Gasteiger partial charge in [0.05, 0.1) is 0 Å². The lowest BCUT2D eigenvalue weighted by molar-refractivity contribution is 0.00813. The van der Waals surface area contributed by atoms with Crippen LogP contribution in [0.4, 0.5) is 0 Å². The maximum absolute atomic E-state index is 3.62. The lowest BCUT2D eigenvalue weighted by Gasteiger charge is -2.51. The van der Waals surface area contributed by atoms with Gasteiger partial charge in [-0.05, 0) is 69.3 Å². The van der Waals surface area contributed by atoms with Crippen molar-refractivity contribution in [3.63, 3.8) is 0 Å². The largest absolute Gasteiger partial charge is 0.294 e. The highest BCUT2D eigenvalue weighted by atomic mass is 79.9. The molecule has 0 aromatic heterocycles. The van der Waals surface area contributed by atoms with E-state index in [1.807, 2.05) is 0 Å². The monoisotopic (exact) mass is 293 g/mol. The van der Waals surface area contributed by atoms with Crippen molar-refractivity contribution in [1.29, 1.82) is 0 Å². The van der Waals surface area contributed by atoms with Crippen LogP contribution in [-0.4, -0.2) is 18.0 Å². The minimum atomic E-state index is 0.361. The predicted molar refractivity (Wildman–Crippen MR) is 75.1 cm³/mol. The number of fused-ring (bicyclic) bond motifs is 1. The topological polar surface area (TPSA) is 3.24 Å². The molecule has 0 radical (unpaired) electrons. The zero-order valence-electron chi connectivity index (χ0n) is 10.3. The number of halogens is 1. The van der Waals surface area contributed by atoms with Gasteiger partial charge in [0, 0.05) is 10.0 Å². The van der Waals surface area contributed by atoms with Crippen molar-refractivity contribution in [3.05, 3.63) is 34.3 Å². The summed E-state index contributed by atoms with van der Waals surface area (Å²) in [5.41, 5.74) is 1.89. The van der Waals surface area contributed by atoms with Gasteiger partial charge in [0.15, 0.2) is 0 Å². The SMILES string of the molecule is Brc1cccc(C23CCCCN2CCCC3)c1. The molecule has 2 heteroatoms. The van der Waals surface area contributed by atoms with Crippen molar-refractivity contribution in [3.8, 4) is 0 Å². The molecule has 1 aromatic rings. The number of benzene rings is 1. The van der Waals surface area contributed by atoms with Gasteiger partial charge in [-0.2, -0.15) is 0 Å². The van der Waals surface area contributed by atoms with Crippen LogP contribution in [0, 0.1) is 0 Å². The van der Waals surface area contributed by atoms with Gasteiger partial charge < -0.3 is 0 Å². The van der Waals surface area contributed by atoms with Crippen molar-refractivity contribution in [1.82, 2.24) is 4.90 Å². The summed E-state index contributed by atoms with van der Waals surface area (Å²) in [7, 11) is 0. The Balaban J connectivity index is 2.00. The van der Waals surface area contributed by atoms with E-state index >= 15 is 0 Å². The number of hydrogen-bond donors (Lipinski definition) is 0. The Labute approximate surface area is 112 Å². The van der Waals surface area contributed by atoms with Crippen molar-refractivity contribution >= 4 is 15.9 Å². The van der Waals surface area contributed by atoms with Crippen LogP contribution in [0.3, 0.4) is 0 Å². The third-order valence-electron chi connectivity index (χ3n) is 4.50. The average Bonchev–Trinajstić information content (AvgIpc) is 2.39. The van der Waals surface area contributed by atoms with Crippen LogP contribution in [0.1, 0.15) is 44.1 Å². The fourth-order valence-corrected chi connectivity index (χ4v) is 4.07. The van der Waals surface area contributed by atoms with Gasteiger partial charge in [0.2, 0.25) is 0 Å². The Bertz CT molecular complexity index is 390. The highest BCUT2D eigenvalue weighted by Gasteiger charge is 2.41. The Morgan fingerprint density at radius 2 is 1.71 bits per heavy atom. The van der Waals surface area contributed by atoms with Gasteiger partial charge in [0.1, 0.15) is 0 Å². The molecule has 2 fully saturated rings. The first-order valence-electron chi connectivity index (χ1n) is 6.82. The second kappa shape index (κ2) is 4.74. The molecule has 3 rings (SSSR count). The fourth-order valence-electron chi connectivity index (χ4n) is 3.67. The van der Waals surface area contributed by atoms with E-state index in [9.17, 15) is 0 Å². The molecule has 2 heterocycles. The first kappa shape index (κ1) is 11.7. The van der Waals surface area contributed by atoms with Crippen LogP contribution < -0.4 is 0 Å². The molecule has 1 nitrogen and oxygen atoms in total. The van der Waals surface area contributed by atoms with E-state index < -0.39 is 0 Å². The summed E-state index contributed by atoms with van der Waals surface area (Å²) in [4.78, 5) is 2.75. The van der Waals surface area contributed by atoms with E-state index in [0.29, 0.717) is 5.54 Å². The van der Waals surface area contributed by atoms with Gasteiger partial charge in [-0.1, -0.05) is 28.1 Å². The molecule has 0 amide bonds. The zero-order valence-corrected chi connectivity index (χ0v) is 11.9. The van der Waals surface area contributed by atoms with Gasteiger partial charge in [0.25, 0.3) is 0 Å². The summed E-state index contributed by atoms with van der Waals surface area (Å²) in [5, 5.41) is 0. The molecule has 0 aliphatic carbocycles.